The number of nitrogens with zero attached hydrogens (tertiary/aromatic N) is 7. The van der Waals surface area contributed by atoms with Crippen LogP contribution in [0.2, 0.25) is 0 Å². The summed E-state index contributed by atoms with van der Waals surface area (Å²) < 4.78 is 7.42. The molecule has 0 N–H and O–H groups in total. The molecule has 9 heteroatoms. The largest absolute Gasteiger partial charge is 0.494 e. The Morgan fingerprint density at radius 1 is 0.971 bits per heavy atom. The number of amides is 1. The summed E-state index contributed by atoms with van der Waals surface area (Å²) in [6.45, 7) is 5.36. The van der Waals surface area contributed by atoms with E-state index in [1.807, 2.05) is 59.5 Å². The average molecular weight is 458 g/mol. The number of ether oxygens (including phenoxy) is 1. The van der Waals surface area contributed by atoms with E-state index in [1.54, 1.807) is 11.0 Å². The van der Waals surface area contributed by atoms with E-state index in [0.29, 0.717) is 49.5 Å². The Morgan fingerprint density at radius 3 is 2.47 bits per heavy atom. The Hall–Kier alpha value is -4.01. The van der Waals surface area contributed by atoms with Crippen LogP contribution in [0, 0.1) is 0 Å². The lowest BCUT2D eigenvalue weighted by molar-refractivity contribution is 0.0746. The molecule has 3 heterocycles. The van der Waals surface area contributed by atoms with Crippen LogP contribution in [0.3, 0.4) is 0 Å². The zero-order valence-electron chi connectivity index (χ0n) is 19.2. The Bertz CT molecular complexity index is 1250. The highest BCUT2D eigenvalue weighted by Gasteiger charge is 2.25. The number of hydrogen-bond acceptors (Lipinski definition) is 7. The van der Waals surface area contributed by atoms with Gasteiger partial charge in [0.2, 0.25) is 0 Å². The molecule has 1 aliphatic heterocycles. The van der Waals surface area contributed by atoms with Gasteiger partial charge in [0.1, 0.15) is 12.1 Å². The molecule has 4 aromatic rings. The van der Waals surface area contributed by atoms with Crippen molar-refractivity contribution in [2.24, 2.45) is 0 Å². The van der Waals surface area contributed by atoms with Gasteiger partial charge < -0.3 is 14.5 Å². The van der Waals surface area contributed by atoms with Crippen molar-refractivity contribution in [3.05, 3.63) is 66.5 Å². The van der Waals surface area contributed by atoms with Crippen molar-refractivity contribution in [1.82, 2.24) is 29.9 Å². The van der Waals surface area contributed by atoms with Crippen molar-refractivity contribution in [3.8, 4) is 11.4 Å². The summed E-state index contributed by atoms with van der Waals surface area (Å²) in [6.07, 6.45) is 3.66. The van der Waals surface area contributed by atoms with E-state index in [2.05, 4.69) is 32.1 Å². The first-order chi connectivity index (χ1) is 16.7. The van der Waals surface area contributed by atoms with Crippen LogP contribution in [-0.4, -0.2) is 68.6 Å². The topological polar surface area (TPSA) is 89.3 Å². The fraction of sp³-hybridized carbons (Fsp3) is 0.320. The third-order valence-electron chi connectivity index (χ3n) is 5.95. The summed E-state index contributed by atoms with van der Waals surface area (Å²) >= 11 is 0. The van der Waals surface area contributed by atoms with Gasteiger partial charge in [-0.25, -0.2) is 9.97 Å². The number of para-hydroxylation sites is 1. The molecule has 5 rings (SSSR count). The van der Waals surface area contributed by atoms with Gasteiger partial charge in [-0.2, -0.15) is 4.68 Å². The van der Waals surface area contributed by atoms with Gasteiger partial charge in [0.05, 0.1) is 12.3 Å². The maximum Gasteiger partial charge on any atom is 0.253 e. The molecule has 174 valence electrons. The van der Waals surface area contributed by atoms with Crippen LogP contribution in [0.15, 0.2) is 60.9 Å². The minimum absolute atomic E-state index is 0.0302. The Kier molecular flexibility index (Phi) is 6.33. The number of unbranched alkanes of at least 4 members (excludes halogenated alkanes) is 1. The van der Waals surface area contributed by atoms with Crippen molar-refractivity contribution in [2.45, 2.75) is 19.8 Å². The van der Waals surface area contributed by atoms with E-state index in [-0.39, 0.29) is 5.91 Å². The van der Waals surface area contributed by atoms with Gasteiger partial charge in [-0.1, -0.05) is 36.8 Å². The lowest BCUT2D eigenvalue weighted by Crippen LogP contribution is -2.49. The fourth-order valence-corrected chi connectivity index (χ4v) is 4.04. The minimum atomic E-state index is 0.0302. The van der Waals surface area contributed by atoms with Gasteiger partial charge in [-0.15, -0.1) is 5.10 Å². The molecule has 2 aromatic heterocycles. The summed E-state index contributed by atoms with van der Waals surface area (Å²) in [7, 11) is 0. The maximum atomic E-state index is 13.0. The third kappa shape index (κ3) is 4.41. The van der Waals surface area contributed by atoms with Crippen LogP contribution in [0.5, 0.6) is 5.75 Å². The second kappa shape index (κ2) is 9.86. The predicted octanol–water partition coefficient (Wildman–Crippen LogP) is 3.35. The first kappa shape index (κ1) is 21.8. The van der Waals surface area contributed by atoms with Crippen molar-refractivity contribution in [1.29, 1.82) is 0 Å². The van der Waals surface area contributed by atoms with Gasteiger partial charge in [0, 0.05) is 31.7 Å². The first-order valence-electron chi connectivity index (χ1n) is 11.6. The molecule has 1 fully saturated rings. The molecule has 0 spiro atoms. The van der Waals surface area contributed by atoms with Crippen LogP contribution < -0.4 is 9.64 Å². The maximum absolute atomic E-state index is 13.0. The van der Waals surface area contributed by atoms with E-state index >= 15 is 0 Å². The predicted molar refractivity (Wildman–Crippen MR) is 129 cm³/mol. The highest BCUT2D eigenvalue weighted by Crippen LogP contribution is 2.24. The van der Waals surface area contributed by atoms with Crippen LogP contribution in [0.4, 0.5) is 5.82 Å². The van der Waals surface area contributed by atoms with E-state index in [4.69, 9.17) is 4.74 Å². The number of carbonyl (C=O) groups is 1. The quantitative estimate of drug-likeness (QED) is 0.393. The smallest absolute Gasteiger partial charge is 0.253 e. The summed E-state index contributed by atoms with van der Waals surface area (Å²) in [5.41, 5.74) is 2.89. The zero-order valence-corrected chi connectivity index (χ0v) is 19.2. The van der Waals surface area contributed by atoms with Crippen LogP contribution in [0.25, 0.3) is 16.9 Å². The van der Waals surface area contributed by atoms with Gasteiger partial charge in [-0.05, 0) is 42.8 Å². The SMILES string of the molecule is CCCCOc1ccc(C(=O)N2CCN(c3ncnc4c3nnn4-c3ccccc3)CC2)cc1. The lowest BCUT2D eigenvalue weighted by Gasteiger charge is -2.35. The Balaban J connectivity index is 1.26. The van der Waals surface area contributed by atoms with E-state index in [0.717, 1.165) is 30.1 Å². The molecule has 34 heavy (non-hydrogen) atoms. The number of hydrogen-bond donors (Lipinski definition) is 0. The van der Waals surface area contributed by atoms with Gasteiger partial charge in [0.15, 0.2) is 17.0 Å². The van der Waals surface area contributed by atoms with Crippen LogP contribution in [-0.2, 0) is 0 Å². The van der Waals surface area contributed by atoms with Gasteiger partial charge in [-0.3, -0.25) is 4.79 Å². The van der Waals surface area contributed by atoms with Crippen molar-refractivity contribution < 1.29 is 9.53 Å². The Labute approximate surface area is 198 Å². The molecule has 1 saturated heterocycles. The van der Waals surface area contributed by atoms with Crippen molar-refractivity contribution in [2.75, 3.05) is 37.7 Å². The normalized spacial score (nSPS) is 13.9. The number of aromatic nitrogens is 5. The molecule has 2 aromatic carbocycles. The second-order valence-electron chi connectivity index (χ2n) is 8.21. The summed E-state index contributed by atoms with van der Waals surface area (Å²) in [5, 5.41) is 8.66. The molecule has 9 nitrogen and oxygen atoms in total. The minimum Gasteiger partial charge on any atom is -0.494 e. The third-order valence-corrected chi connectivity index (χ3v) is 5.95. The number of rotatable bonds is 7. The highest BCUT2D eigenvalue weighted by atomic mass is 16.5. The van der Waals surface area contributed by atoms with E-state index < -0.39 is 0 Å². The van der Waals surface area contributed by atoms with Crippen LogP contribution in [0.1, 0.15) is 30.1 Å². The lowest BCUT2D eigenvalue weighted by atomic mass is 10.1. The number of benzene rings is 2. The molecule has 0 unspecified atom stereocenters. The summed E-state index contributed by atoms with van der Waals surface area (Å²) in [4.78, 5) is 25.9. The molecule has 0 saturated carbocycles. The monoisotopic (exact) mass is 457 g/mol. The van der Waals surface area contributed by atoms with Crippen molar-refractivity contribution >= 4 is 22.9 Å². The van der Waals surface area contributed by atoms with Crippen LogP contribution >= 0.6 is 0 Å². The number of piperazine rings is 1. The molecular formula is C25H27N7O2. The van der Waals surface area contributed by atoms with Gasteiger partial charge in [0.25, 0.3) is 5.91 Å². The number of carbonyl (C=O) groups excluding carboxylic acids is 1. The molecule has 0 radical (unpaired) electrons. The summed E-state index contributed by atoms with van der Waals surface area (Å²) in [6, 6.07) is 17.2. The fourth-order valence-electron chi connectivity index (χ4n) is 4.04. The summed E-state index contributed by atoms with van der Waals surface area (Å²) in [5.74, 6) is 1.57. The van der Waals surface area contributed by atoms with E-state index in [9.17, 15) is 4.79 Å². The van der Waals surface area contributed by atoms with Gasteiger partial charge >= 0.3 is 0 Å². The highest BCUT2D eigenvalue weighted by molar-refractivity contribution is 5.94. The molecule has 0 aliphatic carbocycles. The number of anilines is 1. The zero-order chi connectivity index (χ0) is 23.3. The standard InChI is InChI=1S/C25H27N7O2/c1-2-3-17-34-21-11-9-19(10-12-21)25(33)31-15-13-30(14-16-31)23-22-24(27-18-26-23)32(29-28-22)20-7-5-4-6-8-20/h4-12,18H,2-3,13-17H2,1H3. The molecule has 0 atom stereocenters. The number of fused-ring (bicyclic) bond motifs is 1. The molecular weight excluding hydrogens is 430 g/mol. The molecule has 1 amide bonds. The molecule has 0 bridgehead atoms. The average Bonchev–Trinajstić information content (AvgIpc) is 3.34. The Morgan fingerprint density at radius 2 is 1.74 bits per heavy atom. The first-order valence-corrected chi connectivity index (χ1v) is 11.6. The molecule has 1 aliphatic rings. The van der Waals surface area contributed by atoms with E-state index in [1.165, 1.54) is 0 Å². The van der Waals surface area contributed by atoms with Crippen molar-refractivity contribution in [3.63, 3.8) is 0 Å². The second-order valence-corrected chi connectivity index (χ2v) is 8.21.